The van der Waals surface area contributed by atoms with Crippen LogP contribution in [0, 0.1) is 5.92 Å². The SMILES string of the molecule is CC1CCCC(CO)(NC(=O)c2cc(Cl)cc(Br)c2)C1. The normalized spacial score (nSPS) is 26.3. The number of halogens is 2. The number of hydrogen-bond donors (Lipinski definition) is 2. The number of carbonyl (C=O) groups excluding carboxylic acids is 1. The first kappa shape index (κ1) is 15.8. The predicted molar refractivity (Wildman–Crippen MR) is 84.1 cm³/mol. The van der Waals surface area contributed by atoms with Crippen molar-refractivity contribution >= 4 is 33.4 Å². The molecule has 3 nitrogen and oxygen atoms in total. The van der Waals surface area contributed by atoms with Crippen LogP contribution in [0.4, 0.5) is 0 Å². The molecule has 0 radical (unpaired) electrons. The monoisotopic (exact) mass is 359 g/mol. The molecular weight excluding hydrogens is 342 g/mol. The first-order valence-corrected chi connectivity index (χ1v) is 8.01. The van der Waals surface area contributed by atoms with Gasteiger partial charge < -0.3 is 10.4 Å². The van der Waals surface area contributed by atoms with Crippen LogP contribution in [-0.2, 0) is 0 Å². The molecule has 5 heteroatoms. The fourth-order valence-corrected chi connectivity index (χ4v) is 3.81. The average molecular weight is 361 g/mol. The molecule has 1 amide bonds. The van der Waals surface area contributed by atoms with Crippen LogP contribution in [0.5, 0.6) is 0 Å². The molecule has 2 atom stereocenters. The third-order valence-corrected chi connectivity index (χ3v) is 4.57. The number of aliphatic hydroxyl groups is 1. The van der Waals surface area contributed by atoms with Crippen LogP contribution in [0.15, 0.2) is 22.7 Å². The molecule has 1 aromatic carbocycles. The lowest BCUT2D eigenvalue weighted by atomic mass is 9.76. The summed E-state index contributed by atoms with van der Waals surface area (Å²) in [6.45, 7) is 2.14. The molecule has 0 saturated heterocycles. The Balaban J connectivity index is 2.16. The van der Waals surface area contributed by atoms with Gasteiger partial charge in [-0.25, -0.2) is 0 Å². The summed E-state index contributed by atoms with van der Waals surface area (Å²) in [6.07, 6.45) is 3.82. The predicted octanol–water partition coefficient (Wildman–Crippen LogP) is 3.77. The largest absolute Gasteiger partial charge is 0.394 e. The first-order valence-electron chi connectivity index (χ1n) is 6.83. The second-order valence-electron chi connectivity index (χ2n) is 5.75. The Hall–Kier alpha value is -0.580. The third kappa shape index (κ3) is 3.74. The molecule has 20 heavy (non-hydrogen) atoms. The van der Waals surface area contributed by atoms with Gasteiger partial charge in [0.25, 0.3) is 5.91 Å². The van der Waals surface area contributed by atoms with Gasteiger partial charge in [0.2, 0.25) is 0 Å². The van der Waals surface area contributed by atoms with Gasteiger partial charge in [0.15, 0.2) is 0 Å². The Morgan fingerprint density at radius 2 is 2.30 bits per heavy atom. The third-order valence-electron chi connectivity index (χ3n) is 3.90. The zero-order chi connectivity index (χ0) is 14.8. The Morgan fingerprint density at radius 3 is 2.90 bits per heavy atom. The van der Waals surface area contributed by atoms with Gasteiger partial charge in [-0.3, -0.25) is 4.79 Å². The lowest BCUT2D eigenvalue weighted by molar-refractivity contribution is 0.0697. The van der Waals surface area contributed by atoms with Crippen LogP contribution >= 0.6 is 27.5 Å². The summed E-state index contributed by atoms with van der Waals surface area (Å²) in [5.74, 6) is 0.332. The first-order chi connectivity index (χ1) is 9.44. The summed E-state index contributed by atoms with van der Waals surface area (Å²) in [4.78, 5) is 12.4. The van der Waals surface area contributed by atoms with Crippen molar-refractivity contribution in [2.75, 3.05) is 6.61 Å². The van der Waals surface area contributed by atoms with E-state index in [9.17, 15) is 9.90 Å². The molecule has 0 heterocycles. The molecule has 1 aliphatic rings. The molecule has 0 bridgehead atoms. The van der Waals surface area contributed by atoms with Crippen molar-refractivity contribution in [2.24, 2.45) is 5.92 Å². The molecular formula is C15H19BrClNO2. The Morgan fingerprint density at radius 1 is 1.55 bits per heavy atom. The summed E-state index contributed by atoms with van der Waals surface area (Å²) in [5.41, 5.74) is 0.0132. The van der Waals surface area contributed by atoms with E-state index in [1.807, 2.05) is 0 Å². The molecule has 2 N–H and O–H groups in total. The summed E-state index contributed by atoms with van der Waals surface area (Å²) < 4.78 is 0.769. The highest BCUT2D eigenvalue weighted by atomic mass is 79.9. The van der Waals surface area contributed by atoms with Crippen LogP contribution in [0.3, 0.4) is 0 Å². The van der Waals surface area contributed by atoms with Gasteiger partial charge in [0.1, 0.15) is 0 Å². The van der Waals surface area contributed by atoms with E-state index in [-0.39, 0.29) is 12.5 Å². The van der Waals surface area contributed by atoms with E-state index in [2.05, 4.69) is 28.2 Å². The number of hydrogen-bond acceptors (Lipinski definition) is 2. The second-order valence-corrected chi connectivity index (χ2v) is 7.10. The van der Waals surface area contributed by atoms with Gasteiger partial charge in [-0.05, 0) is 37.0 Å². The number of nitrogens with one attached hydrogen (secondary N) is 1. The van der Waals surface area contributed by atoms with Gasteiger partial charge in [-0.1, -0.05) is 47.3 Å². The van der Waals surface area contributed by atoms with Crippen molar-refractivity contribution < 1.29 is 9.90 Å². The average Bonchev–Trinajstić information content (AvgIpc) is 2.37. The van der Waals surface area contributed by atoms with Crippen LogP contribution in [0.25, 0.3) is 0 Å². The quantitative estimate of drug-likeness (QED) is 0.862. The number of rotatable bonds is 3. The van der Waals surface area contributed by atoms with E-state index < -0.39 is 5.54 Å². The maximum Gasteiger partial charge on any atom is 0.251 e. The number of aliphatic hydroxyl groups excluding tert-OH is 1. The molecule has 1 saturated carbocycles. The summed E-state index contributed by atoms with van der Waals surface area (Å²) in [5, 5.41) is 13.2. The van der Waals surface area contributed by atoms with Gasteiger partial charge in [-0.15, -0.1) is 0 Å². The van der Waals surface area contributed by atoms with E-state index in [0.29, 0.717) is 16.5 Å². The van der Waals surface area contributed by atoms with Crippen molar-refractivity contribution in [3.63, 3.8) is 0 Å². The highest BCUT2D eigenvalue weighted by Crippen LogP contribution is 2.32. The molecule has 2 unspecified atom stereocenters. The molecule has 1 aromatic rings. The van der Waals surface area contributed by atoms with E-state index in [1.165, 1.54) is 0 Å². The molecule has 0 aromatic heterocycles. The smallest absolute Gasteiger partial charge is 0.251 e. The minimum Gasteiger partial charge on any atom is -0.394 e. The lowest BCUT2D eigenvalue weighted by Crippen LogP contribution is -2.53. The lowest BCUT2D eigenvalue weighted by Gasteiger charge is -2.39. The van der Waals surface area contributed by atoms with Crippen molar-refractivity contribution in [1.82, 2.24) is 5.32 Å². The minimum absolute atomic E-state index is 0.0230. The fourth-order valence-electron chi connectivity index (χ4n) is 2.95. The molecule has 2 rings (SSSR count). The maximum atomic E-state index is 12.4. The molecule has 110 valence electrons. The maximum absolute atomic E-state index is 12.4. The van der Waals surface area contributed by atoms with Gasteiger partial charge in [-0.2, -0.15) is 0 Å². The van der Waals surface area contributed by atoms with Crippen LogP contribution in [0.1, 0.15) is 43.0 Å². The highest BCUT2D eigenvalue weighted by Gasteiger charge is 2.36. The van der Waals surface area contributed by atoms with Crippen molar-refractivity contribution in [3.8, 4) is 0 Å². The summed E-state index contributed by atoms with van der Waals surface area (Å²) >= 11 is 9.30. The van der Waals surface area contributed by atoms with Crippen molar-refractivity contribution in [2.45, 2.75) is 38.1 Å². The number of carbonyl (C=O) groups is 1. The number of benzene rings is 1. The van der Waals surface area contributed by atoms with E-state index >= 15 is 0 Å². The zero-order valence-corrected chi connectivity index (χ0v) is 13.8. The molecule has 0 spiro atoms. The van der Waals surface area contributed by atoms with Crippen LogP contribution < -0.4 is 5.32 Å². The van der Waals surface area contributed by atoms with Crippen molar-refractivity contribution in [3.05, 3.63) is 33.3 Å². The summed E-state index contributed by atoms with van der Waals surface area (Å²) in [7, 11) is 0. The Kier molecular flexibility index (Phi) is 5.10. The highest BCUT2D eigenvalue weighted by molar-refractivity contribution is 9.10. The van der Waals surface area contributed by atoms with Gasteiger partial charge in [0.05, 0.1) is 12.1 Å². The minimum atomic E-state index is -0.496. The van der Waals surface area contributed by atoms with E-state index in [1.54, 1.807) is 18.2 Å². The Bertz CT molecular complexity index is 488. The second kappa shape index (κ2) is 6.46. The molecule has 1 fully saturated rings. The van der Waals surface area contributed by atoms with Crippen LogP contribution in [0.2, 0.25) is 5.02 Å². The molecule has 1 aliphatic carbocycles. The molecule has 0 aliphatic heterocycles. The van der Waals surface area contributed by atoms with Gasteiger partial charge in [0, 0.05) is 15.1 Å². The number of amides is 1. The zero-order valence-electron chi connectivity index (χ0n) is 11.5. The van der Waals surface area contributed by atoms with E-state index in [4.69, 9.17) is 11.6 Å². The van der Waals surface area contributed by atoms with E-state index in [0.717, 1.165) is 30.2 Å². The van der Waals surface area contributed by atoms with Gasteiger partial charge >= 0.3 is 0 Å². The fraction of sp³-hybridized carbons (Fsp3) is 0.533. The van der Waals surface area contributed by atoms with Crippen molar-refractivity contribution in [1.29, 1.82) is 0 Å². The van der Waals surface area contributed by atoms with Crippen LogP contribution in [-0.4, -0.2) is 23.2 Å². The Labute approximate surface area is 132 Å². The standard InChI is InChI=1S/C15H19BrClNO2/c1-10-3-2-4-15(8-10,9-19)18-14(20)11-5-12(16)7-13(17)6-11/h5-7,10,19H,2-4,8-9H2,1H3,(H,18,20). The topological polar surface area (TPSA) is 49.3 Å². The summed E-state index contributed by atoms with van der Waals surface area (Å²) in [6, 6.07) is 5.11.